The Morgan fingerprint density at radius 1 is 1.38 bits per heavy atom. The summed E-state index contributed by atoms with van der Waals surface area (Å²) in [6.45, 7) is 3.46. The number of hydrogen-bond acceptors (Lipinski definition) is 5. The maximum atomic E-state index is 12.2. The van der Waals surface area contributed by atoms with Crippen molar-refractivity contribution < 1.29 is 24.3 Å². The Balaban J connectivity index is 2.28. The van der Waals surface area contributed by atoms with Gasteiger partial charge in [-0.25, -0.2) is 4.79 Å². The Hall–Kier alpha value is -2.83. The molecular weight excluding hydrogens is 276 g/mol. The van der Waals surface area contributed by atoms with Gasteiger partial charge in [-0.15, -0.1) is 0 Å². The molecule has 1 aromatic carbocycles. The summed E-state index contributed by atoms with van der Waals surface area (Å²) in [5.74, 6) is -1.57. The molecule has 0 saturated heterocycles. The summed E-state index contributed by atoms with van der Waals surface area (Å²) >= 11 is 0. The van der Waals surface area contributed by atoms with Crippen LogP contribution in [0.3, 0.4) is 0 Å². The molecule has 1 amide bonds. The predicted octanol–water partition coefficient (Wildman–Crippen LogP) is 2.20. The van der Waals surface area contributed by atoms with Crippen LogP contribution in [0.1, 0.15) is 39.1 Å². The van der Waals surface area contributed by atoms with E-state index in [9.17, 15) is 14.7 Å². The van der Waals surface area contributed by atoms with E-state index >= 15 is 0 Å². The molecule has 110 valence electrons. The molecule has 0 unspecified atom stereocenters. The number of rotatable bonds is 4. The second kappa shape index (κ2) is 5.66. The summed E-state index contributed by atoms with van der Waals surface area (Å²) < 4.78 is 4.98. The Kier molecular flexibility index (Phi) is 3.93. The number of hydrogen-bond donors (Lipinski definition) is 3. The van der Waals surface area contributed by atoms with Gasteiger partial charge in [0.25, 0.3) is 5.91 Å². The summed E-state index contributed by atoms with van der Waals surface area (Å²) in [4.78, 5) is 23.0. The number of phenols is 1. The minimum absolute atomic E-state index is 0.0686. The fourth-order valence-electron chi connectivity index (χ4n) is 1.91. The van der Waals surface area contributed by atoms with E-state index in [4.69, 9.17) is 9.63 Å². The van der Waals surface area contributed by atoms with Crippen LogP contribution in [0.15, 0.2) is 22.7 Å². The number of aromatic carboxylic acids is 1. The van der Waals surface area contributed by atoms with Crippen molar-refractivity contribution in [2.45, 2.75) is 20.3 Å². The Labute approximate surface area is 120 Å². The molecule has 7 heteroatoms. The number of nitrogens with zero attached hydrogens (tertiary/aromatic N) is 1. The normalized spacial score (nSPS) is 10.4. The van der Waals surface area contributed by atoms with Crippen LogP contribution in [0, 0.1) is 6.92 Å². The average molecular weight is 290 g/mol. The van der Waals surface area contributed by atoms with Crippen molar-refractivity contribution in [1.29, 1.82) is 0 Å². The number of benzene rings is 1. The molecule has 2 aromatic rings. The van der Waals surface area contributed by atoms with Crippen LogP contribution in [-0.2, 0) is 6.42 Å². The first-order chi connectivity index (χ1) is 9.93. The maximum absolute atomic E-state index is 12.2. The van der Waals surface area contributed by atoms with Gasteiger partial charge in [0.15, 0.2) is 0 Å². The van der Waals surface area contributed by atoms with E-state index < -0.39 is 11.9 Å². The standard InChI is InChI=1S/C14H14N2O5/c1-3-9-12(7(2)21-16-9)13(18)15-10-5-4-8(14(19)20)6-11(10)17/h4-6,17H,3H2,1-2H3,(H,15,18)(H,19,20). The summed E-state index contributed by atoms with van der Waals surface area (Å²) in [5.41, 5.74) is 0.888. The molecule has 2 rings (SSSR count). The second-order valence-corrected chi connectivity index (χ2v) is 4.41. The van der Waals surface area contributed by atoms with E-state index in [0.29, 0.717) is 23.4 Å². The highest BCUT2D eigenvalue weighted by atomic mass is 16.5. The molecule has 0 radical (unpaired) electrons. The number of carboxylic acid groups (broad SMARTS) is 1. The molecular formula is C14H14N2O5. The van der Waals surface area contributed by atoms with Crippen LogP contribution in [0.25, 0.3) is 0 Å². The number of amides is 1. The van der Waals surface area contributed by atoms with Crippen molar-refractivity contribution >= 4 is 17.6 Å². The van der Waals surface area contributed by atoms with Crippen LogP contribution in [0.4, 0.5) is 5.69 Å². The quantitative estimate of drug-likeness (QED) is 0.744. The van der Waals surface area contributed by atoms with Gasteiger partial charge in [-0.2, -0.15) is 0 Å². The second-order valence-electron chi connectivity index (χ2n) is 4.41. The zero-order valence-electron chi connectivity index (χ0n) is 11.5. The first-order valence-electron chi connectivity index (χ1n) is 6.26. The fraction of sp³-hybridized carbons (Fsp3) is 0.214. The molecule has 7 nitrogen and oxygen atoms in total. The lowest BCUT2D eigenvalue weighted by Crippen LogP contribution is -2.14. The van der Waals surface area contributed by atoms with Crippen molar-refractivity contribution in [2.24, 2.45) is 0 Å². The summed E-state index contributed by atoms with van der Waals surface area (Å²) in [6.07, 6.45) is 0.532. The Bertz CT molecular complexity index is 705. The molecule has 0 fully saturated rings. The predicted molar refractivity (Wildman–Crippen MR) is 73.6 cm³/mol. The third-order valence-corrected chi connectivity index (χ3v) is 2.99. The van der Waals surface area contributed by atoms with Crippen molar-refractivity contribution in [1.82, 2.24) is 5.16 Å². The smallest absolute Gasteiger partial charge is 0.335 e. The first-order valence-corrected chi connectivity index (χ1v) is 6.26. The van der Waals surface area contributed by atoms with Crippen LogP contribution < -0.4 is 5.32 Å². The topological polar surface area (TPSA) is 113 Å². The van der Waals surface area contributed by atoms with Gasteiger partial charge in [0.1, 0.15) is 17.1 Å². The maximum Gasteiger partial charge on any atom is 0.335 e. The number of aromatic nitrogens is 1. The third kappa shape index (κ3) is 2.86. The van der Waals surface area contributed by atoms with E-state index in [2.05, 4.69) is 10.5 Å². The average Bonchev–Trinajstić information content (AvgIpc) is 2.81. The number of carbonyl (C=O) groups is 2. The van der Waals surface area contributed by atoms with Crippen LogP contribution in [0.2, 0.25) is 0 Å². The van der Waals surface area contributed by atoms with E-state index in [1.807, 2.05) is 6.92 Å². The number of aryl methyl sites for hydroxylation is 2. The Morgan fingerprint density at radius 3 is 2.67 bits per heavy atom. The van der Waals surface area contributed by atoms with E-state index in [1.165, 1.54) is 12.1 Å². The van der Waals surface area contributed by atoms with Gasteiger partial charge in [-0.05, 0) is 31.5 Å². The fourth-order valence-corrected chi connectivity index (χ4v) is 1.91. The minimum atomic E-state index is -1.16. The van der Waals surface area contributed by atoms with Gasteiger partial charge in [0.05, 0.1) is 16.9 Å². The summed E-state index contributed by atoms with van der Waals surface area (Å²) in [7, 11) is 0. The number of nitrogens with one attached hydrogen (secondary N) is 1. The van der Waals surface area contributed by atoms with Gasteiger partial charge < -0.3 is 20.1 Å². The first kappa shape index (κ1) is 14.6. The minimum Gasteiger partial charge on any atom is -0.506 e. The zero-order chi connectivity index (χ0) is 15.6. The molecule has 0 bridgehead atoms. The number of phenolic OH excluding ortho intramolecular Hbond substituents is 1. The molecule has 1 heterocycles. The lowest BCUT2D eigenvalue weighted by Gasteiger charge is -2.08. The SMILES string of the molecule is CCc1noc(C)c1C(=O)Nc1ccc(C(=O)O)cc1O. The molecule has 1 aromatic heterocycles. The zero-order valence-corrected chi connectivity index (χ0v) is 11.5. The number of aromatic hydroxyl groups is 1. The molecule has 0 saturated carbocycles. The molecule has 0 atom stereocenters. The number of carbonyl (C=O) groups excluding carboxylic acids is 1. The van der Waals surface area contributed by atoms with E-state index in [0.717, 1.165) is 6.07 Å². The van der Waals surface area contributed by atoms with Gasteiger partial charge in [-0.1, -0.05) is 12.1 Å². The molecule has 3 N–H and O–H groups in total. The van der Waals surface area contributed by atoms with Gasteiger partial charge >= 0.3 is 5.97 Å². The van der Waals surface area contributed by atoms with Crippen molar-refractivity contribution in [2.75, 3.05) is 5.32 Å². The van der Waals surface area contributed by atoms with Crippen LogP contribution in [-0.4, -0.2) is 27.2 Å². The molecule has 0 aliphatic carbocycles. The van der Waals surface area contributed by atoms with Gasteiger partial charge in [-0.3, -0.25) is 4.79 Å². The number of anilines is 1. The van der Waals surface area contributed by atoms with Crippen molar-refractivity contribution in [3.05, 3.63) is 40.8 Å². The highest BCUT2D eigenvalue weighted by Crippen LogP contribution is 2.26. The molecule has 0 aliphatic rings. The van der Waals surface area contributed by atoms with E-state index in [1.54, 1.807) is 6.92 Å². The molecule has 21 heavy (non-hydrogen) atoms. The van der Waals surface area contributed by atoms with Crippen molar-refractivity contribution in [3.8, 4) is 5.75 Å². The molecule has 0 aliphatic heterocycles. The largest absolute Gasteiger partial charge is 0.506 e. The summed E-state index contributed by atoms with van der Waals surface area (Å²) in [5, 5.41) is 24.9. The monoisotopic (exact) mass is 290 g/mol. The highest BCUT2D eigenvalue weighted by Gasteiger charge is 2.20. The highest BCUT2D eigenvalue weighted by molar-refractivity contribution is 6.06. The van der Waals surface area contributed by atoms with Gasteiger partial charge in [0.2, 0.25) is 0 Å². The van der Waals surface area contributed by atoms with E-state index in [-0.39, 0.29) is 17.0 Å². The van der Waals surface area contributed by atoms with Crippen LogP contribution >= 0.6 is 0 Å². The lowest BCUT2D eigenvalue weighted by molar-refractivity contribution is 0.0696. The van der Waals surface area contributed by atoms with Crippen LogP contribution in [0.5, 0.6) is 5.75 Å². The third-order valence-electron chi connectivity index (χ3n) is 2.99. The number of carboxylic acids is 1. The molecule has 0 spiro atoms. The lowest BCUT2D eigenvalue weighted by atomic mass is 10.1. The summed E-state index contributed by atoms with van der Waals surface area (Å²) in [6, 6.07) is 3.68. The Morgan fingerprint density at radius 2 is 2.10 bits per heavy atom. The van der Waals surface area contributed by atoms with Crippen molar-refractivity contribution in [3.63, 3.8) is 0 Å². The van der Waals surface area contributed by atoms with Gasteiger partial charge in [0, 0.05) is 0 Å².